The minimum Gasteiger partial charge on any atom is -0.347 e. The molecule has 162 valence electrons. The minimum atomic E-state index is -0.211. The van der Waals surface area contributed by atoms with Crippen LogP contribution >= 0.6 is 0 Å². The molecule has 0 radical (unpaired) electrons. The summed E-state index contributed by atoms with van der Waals surface area (Å²) in [7, 11) is 3.62. The summed E-state index contributed by atoms with van der Waals surface area (Å²) in [6.45, 7) is 0.808. The summed E-state index contributed by atoms with van der Waals surface area (Å²) < 4.78 is 0. The number of likely N-dealkylation sites (tertiary alicyclic amines) is 1. The second kappa shape index (κ2) is 9.71. The van der Waals surface area contributed by atoms with Crippen molar-refractivity contribution in [3.8, 4) is 6.07 Å². The van der Waals surface area contributed by atoms with Crippen molar-refractivity contribution in [1.29, 1.82) is 5.26 Å². The highest BCUT2D eigenvalue weighted by atomic mass is 16.2. The van der Waals surface area contributed by atoms with Gasteiger partial charge < -0.3 is 4.90 Å². The molecule has 3 heterocycles. The van der Waals surface area contributed by atoms with Crippen molar-refractivity contribution in [1.82, 2.24) is 19.8 Å². The lowest BCUT2D eigenvalue weighted by Crippen LogP contribution is -2.45. The van der Waals surface area contributed by atoms with Crippen LogP contribution in [0.25, 0.3) is 0 Å². The Kier molecular flexibility index (Phi) is 6.58. The summed E-state index contributed by atoms with van der Waals surface area (Å²) in [5, 5.41) is 9.55. The number of hydrogen-bond acceptors (Lipinski definition) is 5. The number of aromatic nitrogens is 2. The summed E-state index contributed by atoms with van der Waals surface area (Å²) in [5.74, 6) is 0.0157. The maximum absolute atomic E-state index is 13.1. The van der Waals surface area contributed by atoms with E-state index in [-0.39, 0.29) is 23.9 Å². The number of rotatable bonds is 6. The molecule has 3 aromatic rings. The molecule has 0 aliphatic carbocycles. The fourth-order valence-electron chi connectivity index (χ4n) is 4.73. The molecule has 0 saturated carbocycles. The van der Waals surface area contributed by atoms with Gasteiger partial charge in [0.2, 0.25) is 5.91 Å². The Bertz CT molecular complexity index is 1050. The van der Waals surface area contributed by atoms with E-state index < -0.39 is 0 Å². The first-order chi connectivity index (χ1) is 15.6. The van der Waals surface area contributed by atoms with Crippen molar-refractivity contribution in [2.75, 3.05) is 20.6 Å². The van der Waals surface area contributed by atoms with Crippen LogP contribution in [-0.4, -0.2) is 52.4 Å². The van der Waals surface area contributed by atoms with E-state index in [0.29, 0.717) is 5.56 Å². The Hall–Kier alpha value is -3.56. The van der Waals surface area contributed by atoms with E-state index in [1.165, 1.54) is 0 Å². The van der Waals surface area contributed by atoms with Crippen LogP contribution in [0.1, 0.15) is 47.1 Å². The van der Waals surface area contributed by atoms with Gasteiger partial charge in [0.25, 0.3) is 0 Å². The third-order valence-corrected chi connectivity index (χ3v) is 6.14. The van der Waals surface area contributed by atoms with E-state index in [9.17, 15) is 10.1 Å². The molecule has 1 aliphatic heterocycles. The van der Waals surface area contributed by atoms with E-state index >= 15 is 0 Å². The molecular weight excluding hydrogens is 398 g/mol. The predicted octanol–water partition coefficient (Wildman–Crippen LogP) is 3.77. The highest BCUT2D eigenvalue weighted by Gasteiger charge is 2.41. The highest BCUT2D eigenvalue weighted by molar-refractivity contribution is 5.81. The molecule has 1 aliphatic rings. The van der Waals surface area contributed by atoms with Crippen LogP contribution in [0.3, 0.4) is 0 Å². The quantitative estimate of drug-likeness (QED) is 0.601. The van der Waals surface area contributed by atoms with Gasteiger partial charge in [0.15, 0.2) is 0 Å². The molecular formula is C26H27N5O. The van der Waals surface area contributed by atoms with Crippen molar-refractivity contribution in [3.63, 3.8) is 0 Å². The lowest BCUT2D eigenvalue weighted by Gasteiger charge is -2.39. The van der Waals surface area contributed by atoms with Gasteiger partial charge in [0, 0.05) is 50.8 Å². The van der Waals surface area contributed by atoms with Gasteiger partial charge >= 0.3 is 0 Å². The van der Waals surface area contributed by atoms with E-state index in [4.69, 9.17) is 0 Å². The van der Waals surface area contributed by atoms with Crippen molar-refractivity contribution in [3.05, 3.63) is 95.6 Å². The topological polar surface area (TPSA) is 73.1 Å². The number of nitriles is 1. The van der Waals surface area contributed by atoms with Crippen LogP contribution in [-0.2, 0) is 4.79 Å². The van der Waals surface area contributed by atoms with Gasteiger partial charge in [-0.3, -0.25) is 19.7 Å². The van der Waals surface area contributed by atoms with Crippen LogP contribution in [0.15, 0.2) is 73.3 Å². The fourth-order valence-corrected chi connectivity index (χ4v) is 4.73. The molecule has 0 N–H and O–H groups in total. The molecule has 1 fully saturated rings. The van der Waals surface area contributed by atoms with Crippen LogP contribution in [0.2, 0.25) is 0 Å². The largest absolute Gasteiger partial charge is 0.347 e. The Labute approximate surface area is 189 Å². The number of likely N-dealkylation sites (N-methyl/N-ethyl adjacent to an activating group) is 1. The number of nitrogens with zero attached hydrogens (tertiary/aromatic N) is 5. The number of benzene rings is 1. The summed E-state index contributed by atoms with van der Waals surface area (Å²) in [6.07, 6.45) is 9.08. The second-order valence-corrected chi connectivity index (χ2v) is 8.36. The fraction of sp³-hybridized carbons (Fsp3) is 0.308. The van der Waals surface area contributed by atoms with E-state index in [2.05, 4.69) is 39.1 Å². The van der Waals surface area contributed by atoms with Gasteiger partial charge in [-0.15, -0.1) is 0 Å². The zero-order valence-electron chi connectivity index (χ0n) is 18.4. The molecule has 1 unspecified atom stereocenters. The van der Waals surface area contributed by atoms with Crippen molar-refractivity contribution in [2.45, 2.75) is 30.8 Å². The third kappa shape index (κ3) is 4.39. The molecule has 0 bridgehead atoms. The van der Waals surface area contributed by atoms with Gasteiger partial charge in [-0.25, -0.2) is 0 Å². The van der Waals surface area contributed by atoms with Crippen LogP contribution in [0, 0.1) is 11.3 Å². The average molecular weight is 426 g/mol. The molecule has 32 heavy (non-hydrogen) atoms. The van der Waals surface area contributed by atoms with Gasteiger partial charge in [0.1, 0.15) is 0 Å². The maximum atomic E-state index is 13.1. The standard InChI is InChI=1S/C26H27N5O/c1-30(2)26(32)23-11-6-14-31(23)25(20-8-3-7-19(15-20)16-27)24(21-9-4-12-28-17-21)22-10-5-13-29-18-22/h3-5,7-10,12-13,15,17-18,23-25H,6,11,14H2,1-2H3/t23-,25?/m0/s1. The number of amides is 1. The highest BCUT2D eigenvalue weighted by Crippen LogP contribution is 2.43. The summed E-state index contributed by atoms with van der Waals surface area (Å²) in [4.78, 5) is 25.9. The number of pyridine rings is 2. The SMILES string of the molecule is CN(C)C(=O)[C@@H]1CCCN1C(c1cccc(C#N)c1)C(c1cccnc1)c1cccnc1. The number of carbonyl (C=O) groups is 1. The lowest BCUT2D eigenvalue weighted by atomic mass is 9.81. The van der Waals surface area contributed by atoms with Crippen LogP contribution < -0.4 is 0 Å². The molecule has 2 aromatic heterocycles. The van der Waals surface area contributed by atoms with Crippen molar-refractivity contribution < 1.29 is 4.79 Å². The molecule has 1 amide bonds. The summed E-state index contributed by atoms with van der Waals surface area (Å²) in [6, 6.07) is 17.7. The van der Waals surface area contributed by atoms with Crippen molar-refractivity contribution >= 4 is 5.91 Å². The number of carbonyl (C=O) groups excluding carboxylic acids is 1. The zero-order valence-corrected chi connectivity index (χ0v) is 18.4. The van der Waals surface area contributed by atoms with Crippen LogP contribution in [0.5, 0.6) is 0 Å². The van der Waals surface area contributed by atoms with Gasteiger partial charge in [-0.1, -0.05) is 24.3 Å². The van der Waals surface area contributed by atoms with E-state index in [1.54, 1.807) is 17.3 Å². The predicted molar refractivity (Wildman–Crippen MR) is 123 cm³/mol. The average Bonchev–Trinajstić information content (AvgIpc) is 3.32. The molecule has 2 atom stereocenters. The molecule has 1 aromatic carbocycles. The Morgan fingerprint density at radius 3 is 2.28 bits per heavy atom. The van der Waals surface area contributed by atoms with E-state index in [0.717, 1.165) is 36.1 Å². The first kappa shape index (κ1) is 21.7. The lowest BCUT2D eigenvalue weighted by molar-refractivity contribution is -0.134. The minimum absolute atomic E-state index is 0.0955. The number of hydrogen-bond donors (Lipinski definition) is 0. The Balaban J connectivity index is 1.91. The van der Waals surface area contributed by atoms with Crippen molar-refractivity contribution in [2.24, 2.45) is 0 Å². The van der Waals surface area contributed by atoms with Gasteiger partial charge in [0.05, 0.1) is 17.7 Å². The van der Waals surface area contributed by atoms with E-state index in [1.807, 2.05) is 56.8 Å². The van der Waals surface area contributed by atoms with Gasteiger partial charge in [-0.2, -0.15) is 5.26 Å². The summed E-state index contributed by atoms with van der Waals surface area (Å²) in [5.41, 5.74) is 3.73. The zero-order chi connectivity index (χ0) is 22.5. The van der Waals surface area contributed by atoms with Crippen LogP contribution in [0.4, 0.5) is 0 Å². The molecule has 1 saturated heterocycles. The first-order valence-electron chi connectivity index (χ1n) is 10.9. The summed E-state index contributed by atoms with van der Waals surface area (Å²) >= 11 is 0. The molecule has 6 heteroatoms. The second-order valence-electron chi connectivity index (χ2n) is 8.36. The third-order valence-electron chi connectivity index (χ3n) is 6.14. The normalized spacial score (nSPS) is 17.1. The first-order valence-corrected chi connectivity index (χ1v) is 10.9. The van der Waals surface area contributed by atoms with Gasteiger partial charge in [-0.05, 0) is 60.3 Å². The molecule has 0 spiro atoms. The smallest absolute Gasteiger partial charge is 0.239 e. The Morgan fingerprint density at radius 2 is 1.72 bits per heavy atom. The maximum Gasteiger partial charge on any atom is 0.239 e. The monoisotopic (exact) mass is 425 g/mol. The molecule has 4 rings (SSSR count). The Morgan fingerprint density at radius 1 is 1.06 bits per heavy atom. The molecule has 6 nitrogen and oxygen atoms in total.